The number of hydrogen-bond donors (Lipinski definition) is 1. The molecular formula is C38H75NO3. The first-order chi connectivity index (χ1) is 20.6. The second-order valence-electron chi connectivity index (χ2n) is 13.2. The lowest BCUT2D eigenvalue weighted by molar-refractivity contribution is -0.141. The molecule has 250 valence electrons. The number of amides is 1. The molecule has 0 aromatic rings. The van der Waals surface area contributed by atoms with E-state index < -0.39 is 5.97 Å². The number of rotatable bonds is 35. The first-order valence-corrected chi connectivity index (χ1v) is 19.1. The van der Waals surface area contributed by atoms with Gasteiger partial charge in [-0.05, 0) is 12.8 Å². The van der Waals surface area contributed by atoms with Crippen molar-refractivity contribution in [3.63, 3.8) is 0 Å². The van der Waals surface area contributed by atoms with Gasteiger partial charge in [-0.2, -0.15) is 0 Å². The third-order valence-corrected chi connectivity index (χ3v) is 8.97. The Hall–Kier alpha value is -1.06. The fourth-order valence-corrected chi connectivity index (χ4v) is 6.08. The average Bonchev–Trinajstić information content (AvgIpc) is 2.98. The topological polar surface area (TPSA) is 57.6 Å². The number of carbonyl (C=O) groups excluding carboxylic acids is 1. The monoisotopic (exact) mass is 594 g/mol. The Bertz CT molecular complexity index is 531. The molecule has 1 amide bonds. The van der Waals surface area contributed by atoms with Crippen LogP contribution >= 0.6 is 0 Å². The summed E-state index contributed by atoms with van der Waals surface area (Å²) in [5.41, 5.74) is 0. The summed E-state index contributed by atoms with van der Waals surface area (Å²) in [4.78, 5) is 25.6. The van der Waals surface area contributed by atoms with E-state index in [0.29, 0.717) is 0 Å². The lowest BCUT2D eigenvalue weighted by Gasteiger charge is -2.22. The van der Waals surface area contributed by atoms with Gasteiger partial charge in [0, 0.05) is 19.5 Å². The molecule has 4 heteroatoms. The molecule has 0 saturated heterocycles. The maximum absolute atomic E-state index is 12.7. The molecule has 4 nitrogen and oxygen atoms in total. The van der Waals surface area contributed by atoms with Gasteiger partial charge in [-0.25, -0.2) is 0 Å². The molecule has 0 aliphatic rings. The zero-order valence-corrected chi connectivity index (χ0v) is 28.8. The lowest BCUT2D eigenvalue weighted by Crippen LogP contribution is -2.33. The first-order valence-electron chi connectivity index (χ1n) is 19.1. The summed E-state index contributed by atoms with van der Waals surface area (Å²) in [5, 5.41) is 9.01. The van der Waals surface area contributed by atoms with Crippen molar-refractivity contribution in [2.24, 2.45) is 0 Å². The van der Waals surface area contributed by atoms with Crippen molar-refractivity contribution in [1.82, 2.24) is 4.90 Å². The second kappa shape index (κ2) is 34.4. The quantitative estimate of drug-likeness (QED) is 0.0743. The van der Waals surface area contributed by atoms with Crippen molar-refractivity contribution in [1.29, 1.82) is 0 Å². The minimum Gasteiger partial charge on any atom is -0.481 e. The smallest absolute Gasteiger partial charge is 0.303 e. The highest BCUT2D eigenvalue weighted by Crippen LogP contribution is 2.16. The van der Waals surface area contributed by atoms with Gasteiger partial charge in [0.15, 0.2) is 0 Å². The van der Waals surface area contributed by atoms with Crippen LogP contribution in [0.3, 0.4) is 0 Å². The molecular weight excluding hydrogens is 518 g/mol. The van der Waals surface area contributed by atoms with E-state index >= 15 is 0 Å². The van der Waals surface area contributed by atoms with Gasteiger partial charge >= 0.3 is 5.97 Å². The van der Waals surface area contributed by atoms with E-state index in [2.05, 4.69) is 13.8 Å². The lowest BCUT2D eigenvalue weighted by atomic mass is 10.0. The number of nitrogens with zero attached hydrogens (tertiary/aromatic N) is 1. The number of carboxylic acid groups (broad SMARTS) is 1. The second-order valence-corrected chi connectivity index (χ2v) is 13.2. The highest BCUT2D eigenvalue weighted by molar-refractivity contribution is 5.80. The van der Waals surface area contributed by atoms with Crippen LogP contribution in [0.1, 0.15) is 219 Å². The van der Waals surface area contributed by atoms with Gasteiger partial charge in [-0.3, -0.25) is 9.59 Å². The van der Waals surface area contributed by atoms with Crippen LogP contribution in [-0.2, 0) is 9.59 Å². The van der Waals surface area contributed by atoms with Gasteiger partial charge in [0.05, 0.1) is 6.42 Å². The molecule has 0 rings (SSSR count). The van der Waals surface area contributed by atoms with Crippen LogP contribution < -0.4 is 0 Å². The van der Waals surface area contributed by atoms with Crippen LogP contribution in [0.15, 0.2) is 0 Å². The maximum atomic E-state index is 12.7. The molecule has 0 unspecified atom stereocenters. The molecule has 0 fully saturated rings. The highest BCUT2D eigenvalue weighted by Gasteiger charge is 2.14. The molecule has 0 heterocycles. The summed E-state index contributed by atoms with van der Waals surface area (Å²) in [6.45, 7) is 6.16. The molecule has 0 spiro atoms. The Morgan fingerprint density at radius 3 is 0.857 bits per heavy atom. The molecule has 0 bridgehead atoms. The molecule has 42 heavy (non-hydrogen) atoms. The number of hydrogen-bond acceptors (Lipinski definition) is 2. The van der Waals surface area contributed by atoms with Crippen LogP contribution in [-0.4, -0.2) is 35.0 Å². The van der Waals surface area contributed by atoms with Crippen molar-refractivity contribution in [2.45, 2.75) is 219 Å². The zero-order valence-electron chi connectivity index (χ0n) is 28.8. The molecule has 0 aliphatic carbocycles. The van der Waals surface area contributed by atoms with Gasteiger partial charge in [-0.1, -0.05) is 194 Å². The summed E-state index contributed by atoms with van der Waals surface area (Å²) in [5.74, 6) is -0.838. The summed E-state index contributed by atoms with van der Waals surface area (Å²) < 4.78 is 0. The van der Waals surface area contributed by atoms with Crippen molar-refractivity contribution in [2.75, 3.05) is 13.1 Å². The molecule has 1 N–H and O–H groups in total. The van der Waals surface area contributed by atoms with Crippen LogP contribution in [0, 0.1) is 0 Å². The average molecular weight is 594 g/mol. The Kier molecular flexibility index (Phi) is 33.6. The van der Waals surface area contributed by atoms with Crippen molar-refractivity contribution in [3.05, 3.63) is 0 Å². The predicted octanol–water partition coefficient (Wildman–Crippen LogP) is 12.4. The highest BCUT2D eigenvalue weighted by atomic mass is 16.4. The molecule has 0 saturated carbocycles. The summed E-state index contributed by atoms with van der Waals surface area (Å²) in [6, 6.07) is 0. The minimum atomic E-state index is -0.873. The fraction of sp³-hybridized carbons (Fsp3) is 0.947. The SMILES string of the molecule is CCCCCCCCCCCCCCCCCN(CCCCCCCCCCCCCCCCC)C(=O)CCC(=O)O. The Labute approximate surface area is 263 Å². The Morgan fingerprint density at radius 1 is 0.381 bits per heavy atom. The van der Waals surface area contributed by atoms with Crippen molar-refractivity contribution >= 4 is 11.9 Å². The Balaban J connectivity index is 3.77. The molecule has 0 aromatic carbocycles. The van der Waals surface area contributed by atoms with E-state index in [1.54, 1.807) is 0 Å². The van der Waals surface area contributed by atoms with Crippen LogP contribution in [0.2, 0.25) is 0 Å². The zero-order chi connectivity index (χ0) is 30.8. The normalized spacial score (nSPS) is 11.3. The van der Waals surface area contributed by atoms with Crippen LogP contribution in [0.25, 0.3) is 0 Å². The third kappa shape index (κ3) is 31.9. The third-order valence-electron chi connectivity index (χ3n) is 8.97. The van der Waals surface area contributed by atoms with E-state index in [4.69, 9.17) is 5.11 Å². The van der Waals surface area contributed by atoms with E-state index in [-0.39, 0.29) is 18.7 Å². The van der Waals surface area contributed by atoms with Crippen LogP contribution in [0.5, 0.6) is 0 Å². The summed E-state index contributed by atoms with van der Waals surface area (Å²) in [7, 11) is 0. The van der Waals surface area contributed by atoms with Gasteiger partial charge < -0.3 is 10.0 Å². The standard InChI is InChI=1S/C38H75NO3/c1-3-5-7-9-11-13-15-17-19-21-23-25-27-29-31-35-39(37(40)33-34-38(41)42)36-32-30-28-26-24-22-20-18-16-14-12-10-8-6-4-2/h3-36H2,1-2H3,(H,41,42). The number of unbranched alkanes of at least 4 members (excludes halogenated alkanes) is 28. The van der Waals surface area contributed by atoms with Gasteiger partial charge in [-0.15, -0.1) is 0 Å². The van der Waals surface area contributed by atoms with E-state index in [1.165, 1.54) is 180 Å². The molecule has 0 aromatic heterocycles. The predicted molar refractivity (Wildman–Crippen MR) is 183 cm³/mol. The minimum absolute atomic E-state index is 0.0353. The number of carbonyl (C=O) groups is 2. The molecule has 0 aliphatic heterocycles. The van der Waals surface area contributed by atoms with E-state index in [9.17, 15) is 9.59 Å². The van der Waals surface area contributed by atoms with E-state index in [0.717, 1.165) is 25.9 Å². The van der Waals surface area contributed by atoms with Gasteiger partial charge in [0.1, 0.15) is 0 Å². The van der Waals surface area contributed by atoms with Crippen molar-refractivity contribution < 1.29 is 14.7 Å². The first kappa shape index (κ1) is 40.9. The molecule has 0 atom stereocenters. The van der Waals surface area contributed by atoms with Crippen LogP contribution in [0.4, 0.5) is 0 Å². The number of carboxylic acids is 1. The van der Waals surface area contributed by atoms with Crippen molar-refractivity contribution in [3.8, 4) is 0 Å². The Morgan fingerprint density at radius 2 is 0.619 bits per heavy atom. The van der Waals surface area contributed by atoms with Gasteiger partial charge in [0.2, 0.25) is 5.91 Å². The van der Waals surface area contributed by atoms with Gasteiger partial charge in [0.25, 0.3) is 0 Å². The number of aliphatic carboxylic acids is 1. The largest absolute Gasteiger partial charge is 0.481 e. The maximum Gasteiger partial charge on any atom is 0.303 e. The molecule has 0 radical (unpaired) electrons. The summed E-state index contributed by atoms with van der Waals surface area (Å²) >= 11 is 0. The summed E-state index contributed by atoms with van der Waals surface area (Å²) in [6.07, 6.45) is 40.4. The fourth-order valence-electron chi connectivity index (χ4n) is 6.08. The van der Waals surface area contributed by atoms with E-state index in [1.807, 2.05) is 4.90 Å².